The first kappa shape index (κ1) is 9.47. The van der Waals surface area contributed by atoms with Gasteiger partial charge in [0.25, 0.3) is 0 Å². The third-order valence-corrected chi connectivity index (χ3v) is 3.94. The first-order valence-corrected chi connectivity index (χ1v) is 5.25. The summed E-state index contributed by atoms with van der Waals surface area (Å²) in [4.78, 5) is 22.2. The lowest BCUT2D eigenvalue weighted by Gasteiger charge is -2.24. The second-order valence-electron chi connectivity index (χ2n) is 3.99. The zero-order valence-electron chi connectivity index (χ0n) is 7.00. The molecule has 0 saturated heterocycles. The number of rotatable bonds is 2. The number of carbonyl (C=O) groups excluding carboxylic acids is 2. The predicted octanol–water partition coefficient (Wildman–Crippen LogP) is 2.18. The first-order chi connectivity index (χ1) is 6.11. The fourth-order valence-corrected chi connectivity index (χ4v) is 3.57. The molecule has 0 N–H and O–H groups in total. The molecular formula is C9H10Cl2O2. The van der Waals surface area contributed by atoms with Crippen LogP contribution >= 0.6 is 23.2 Å². The van der Waals surface area contributed by atoms with Crippen molar-refractivity contribution in [2.24, 2.45) is 23.7 Å². The Hall–Kier alpha value is -0.0800. The topological polar surface area (TPSA) is 34.1 Å². The van der Waals surface area contributed by atoms with Gasteiger partial charge in [0.2, 0.25) is 10.5 Å². The summed E-state index contributed by atoms with van der Waals surface area (Å²) >= 11 is 10.9. The molecule has 0 aromatic rings. The lowest BCUT2D eigenvalue weighted by Crippen LogP contribution is -2.30. The minimum absolute atomic E-state index is 0.301. The summed E-state index contributed by atoms with van der Waals surface area (Å²) in [5.74, 6) is 0.0150. The summed E-state index contributed by atoms with van der Waals surface area (Å²) in [7, 11) is 0. The van der Waals surface area contributed by atoms with Crippen molar-refractivity contribution in [3.05, 3.63) is 0 Å². The molecule has 0 spiro atoms. The van der Waals surface area contributed by atoms with E-state index in [1.165, 1.54) is 0 Å². The first-order valence-electron chi connectivity index (χ1n) is 4.50. The molecule has 2 aliphatic carbocycles. The summed E-state index contributed by atoms with van der Waals surface area (Å²) in [5, 5.41) is -0.766. The highest BCUT2D eigenvalue weighted by molar-refractivity contribution is 6.66. The SMILES string of the molecule is O=C(Cl)[C@@H]1C2CCC(C2)[C@@H]1C(=O)Cl. The van der Waals surface area contributed by atoms with E-state index in [1.807, 2.05) is 0 Å². The van der Waals surface area contributed by atoms with Crippen LogP contribution in [0.5, 0.6) is 0 Å². The van der Waals surface area contributed by atoms with Gasteiger partial charge in [-0.25, -0.2) is 0 Å². The van der Waals surface area contributed by atoms with Gasteiger partial charge >= 0.3 is 0 Å². The van der Waals surface area contributed by atoms with E-state index in [2.05, 4.69) is 0 Å². The van der Waals surface area contributed by atoms with E-state index in [9.17, 15) is 9.59 Å². The van der Waals surface area contributed by atoms with Gasteiger partial charge in [-0.05, 0) is 54.3 Å². The molecule has 2 nitrogen and oxygen atoms in total. The largest absolute Gasteiger partial charge is 0.281 e. The van der Waals surface area contributed by atoms with E-state index in [4.69, 9.17) is 23.2 Å². The number of halogens is 2. The van der Waals surface area contributed by atoms with E-state index in [1.54, 1.807) is 0 Å². The second kappa shape index (κ2) is 3.25. The van der Waals surface area contributed by atoms with Crippen LogP contribution in [-0.2, 0) is 9.59 Å². The van der Waals surface area contributed by atoms with Gasteiger partial charge < -0.3 is 0 Å². The van der Waals surface area contributed by atoms with Crippen molar-refractivity contribution in [2.45, 2.75) is 19.3 Å². The molecule has 2 unspecified atom stereocenters. The molecule has 4 atom stereocenters. The highest BCUT2D eigenvalue weighted by Gasteiger charge is 2.52. The normalized spacial score (nSPS) is 42.3. The van der Waals surface area contributed by atoms with Crippen LogP contribution in [0.1, 0.15) is 19.3 Å². The molecule has 13 heavy (non-hydrogen) atoms. The summed E-state index contributed by atoms with van der Waals surface area (Å²) in [5.41, 5.74) is 0. The van der Waals surface area contributed by atoms with E-state index in [0.29, 0.717) is 11.8 Å². The van der Waals surface area contributed by atoms with Crippen molar-refractivity contribution < 1.29 is 9.59 Å². The molecule has 4 heteroatoms. The zero-order chi connectivity index (χ0) is 9.59. The van der Waals surface area contributed by atoms with Crippen LogP contribution in [0.25, 0.3) is 0 Å². The fourth-order valence-electron chi connectivity index (χ4n) is 2.94. The van der Waals surface area contributed by atoms with Gasteiger partial charge in [-0.2, -0.15) is 0 Å². The van der Waals surface area contributed by atoms with Crippen LogP contribution in [0.4, 0.5) is 0 Å². The highest BCUT2D eigenvalue weighted by atomic mass is 35.5. The molecular weight excluding hydrogens is 211 g/mol. The van der Waals surface area contributed by atoms with E-state index >= 15 is 0 Å². The van der Waals surface area contributed by atoms with Crippen molar-refractivity contribution >= 4 is 33.7 Å². The monoisotopic (exact) mass is 220 g/mol. The Balaban J connectivity index is 2.24. The highest BCUT2D eigenvalue weighted by Crippen LogP contribution is 2.53. The summed E-state index contributed by atoms with van der Waals surface area (Å²) < 4.78 is 0. The molecule has 2 aliphatic rings. The van der Waals surface area contributed by atoms with Gasteiger partial charge in [0.05, 0.1) is 0 Å². The third-order valence-electron chi connectivity index (χ3n) is 3.44. The molecule has 0 aliphatic heterocycles. The molecule has 0 aromatic heterocycles. The Labute approximate surface area is 86.6 Å². The van der Waals surface area contributed by atoms with Crippen molar-refractivity contribution in [3.63, 3.8) is 0 Å². The second-order valence-corrected chi connectivity index (χ2v) is 4.74. The molecule has 0 amide bonds. The molecule has 2 rings (SSSR count). The van der Waals surface area contributed by atoms with Gasteiger partial charge in [-0.3, -0.25) is 9.59 Å². The summed E-state index contributed by atoms with van der Waals surface area (Å²) in [6.45, 7) is 0. The Bertz CT molecular complexity index is 238. The quantitative estimate of drug-likeness (QED) is 0.669. The van der Waals surface area contributed by atoms with Crippen LogP contribution < -0.4 is 0 Å². The fraction of sp³-hybridized carbons (Fsp3) is 0.778. The Kier molecular flexibility index (Phi) is 2.37. The minimum atomic E-state index is -0.383. The van der Waals surface area contributed by atoms with Crippen molar-refractivity contribution in [1.29, 1.82) is 0 Å². The number of fused-ring (bicyclic) bond motifs is 2. The number of hydrogen-bond acceptors (Lipinski definition) is 2. The molecule has 0 heterocycles. The standard InChI is InChI=1S/C9H10Cl2O2/c10-8(12)6-4-1-2-5(3-4)7(6)9(11)13/h4-7H,1-3H2/t4?,5?,6-,7+. The van der Waals surface area contributed by atoms with Gasteiger partial charge in [-0.15, -0.1) is 0 Å². The van der Waals surface area contributed by atoms with Gasteiger partial charge in [-0.1, -0.05) is 0 Å². The van der Waals surface area contributed by atoms with Gasteiger partial charge in [0.15, 0.2) is 0 Å². The Morgan fingerprint density at radius 2 is 1.31 bits per heavy atom. The molecule has 0 radical (unpaired) electrons. The number of hydrogen-bond donors (Lipinski definition) is 0. The maximum Gasteiger partial charge on any atom is 0.225 e. The molecule has 2 saturated carbocycles. The van der Waals surface area contributed by atoms with Crippen LogP contribution in [0, 0.1) is 23.7 Å². The summed E-state index contributed by atoms with van der Waals surface area (Å²) in [6.07, 6.45) is 3.00. The van der Waals surface area contributed by atoms with Crippen LogP contribution in [0.3, 0.4) is 0 Å². The summed E-state index contributed by atoms with van der Waals surface area (Å²) in [6, 6.07) is 0. The maximum absolute atomic E-state index is 11.1. The average Bonchev–Trinajstić information content (AvgIpc) is 2.60. The Morgan fingerprint density at radius 1 is 0.923 bits per heavy atom. The van der Waals surface area contributed by atoms with E-state index in [0.717, 1.165) is 19.3 Å². The molecule has 2 fully saturated rings. The van der Waals surface area contributed by atoms with Gasteiger partial charge in [0, 0.05) is 11.8 Å². The van der Waals surface area contributed by atoms with Crippen molar-refractivity contribution in [3.8, 4) is 0 Å². The van der Waals surface area contributed by atoms with E-state index < -0.39 is 0 Å². The minimum Gasteiger partial charge on any atom is -0.281 e. The van der Waals surface area contributed by atoms with E-state index in [-0.39, 0.29) is 22.3 Å². The van der Waals surface area contributed by atoms with Crippen LogP contribution in [-0.4, -0.2) is 10.5 Å². The smallest absolute Gasteiger partial charge is 0.225 e. The molecule has 0 aromatic carbocycles. The lowest BCUT2D eigenvalue weighted by molar-refractivity contribution is -0.125. The van der Waals surface area contributed by atoms with Crippen molar-refractivity contribution in [2.75, 3.05) is 0 Å². The van der Waals surface area contributed by atoms with Crippen LogP contribution in [0.15, 0.2) is 0 Å². The third kappa shape index (κ3) is 1.40. The zero-order valence-corrected chi connectivity index (χ0v) is 8.52. The maximum atomic E-state index is 11.1. The molecule has 72 valence electrons. The van der Waals surface area contributed by atoms with Crippen molar-refractivity contribution in [1.82, 2.24) is 0 Å². The molecule has 2 bridgehead atoms. The number of carbonyl (C=O) groups is 2. The van der Waals surface area contributed by atoms with Crippen LogP contribution in [0.2, 0.25) is 0 Å². The predicted molar refractivity (Wildman–Crippen MR) is 49.5 cm³/mol. The lowest BCUT2D eigenvalue weighted by atomic mass is 9.81. The van der Waals surface area contributed by atoms with Gasteiger partial charge in [0.1, 0.15) is 0 Å². The Morgan fingerprint density at radius 3 is 1.62 bits per heavy atom. The average molecular weight is 221 g/mol.